The fourth-order valence-corrected chi connectivity index (χ4v) is 3.26. The molecule has 1 aromatic heterocycles. The Kier molecular flexibility index (Phi) is 7.75. The molecule has 0 atom stereocenters. The number of ether oxygens (including phenoxy) is 2. The normalized spacial score (nSPS) is 10.1. The Balaban J connectivity index is 0.00000306. The van der Waals surface area contributed by atoms with E-state index in [0.717, 1.165) is 4.47 Å². The van der Waals surface area contributed by atoms with Crippen molar-refractivity contribution in [3.05, 3.63) is 71.2 Å². The Hall–Kier alpha value is -3.76. The number of halogens is 2. The lowest BCUT2D eigenvalue weighted by Gasteiger charge is -2.09. The minimum absolute atomic E-state index is 0. The number of urea groups is 1. The van der Waals surface area contributed by atoms with Gasteiger partial charge in [-0.1, -0.05) is 22.0 Å². The molecule has 11 heteroatoms. The van der Waals surface area contributed by atoms with E-state index in [1.54, 1.807) is 48.5 Å². The number of hydrogen-bond acceptors (Lipinski definition) is 5. The highest BCUT2D eigenvalue weighted by Gasteiger charge is 2.08. The Labute approximate surface area is 203 Å². The number of anilines is 3. The van der Waals surface area contributed by atoms with Crippen molar-refractivity contribution >= 4 is 68.8 Å². The second-order valence-corrected chi connectivity index (χ2v) is 7.51. The third-order valence-electron chi connectivity index (χ3n) is 4.29. The van der Waals surface area contributed by atoms with Crippen molar-refractivity contribution in [2.75, 3.05) is 23.1 Å². The van der Waals surface area contributed by atoms with Gasteiger partial charge in [0.05, 0.1) is 18.1 Å². The highest BCUT2D eigenvalue weighted by molar-refractivity contribution is 9.10. The summed E-state index contributed by atoms with van der Waals surface area (Å²) in [6.45, 7) is 0. The first-order valence-electron chi connectivity index (χ1n) is 9.45. The number of imidazole rings is 1. The summed E-state index contributed by atoms with van der Waals surface area (Å²) >= 11 is 3.37. The van der Waals surface area contributed by atoms with Gasteiger partial charge in [0.2, 0.25) is 5.95 Å². The van der Waals surface area contributed by atoms with E-state index in [9.17, 15) is 9.59 Å². The van der Waals surface area contributed by atoms with Gasteiger partial charge in [-0.15, -0.1) is 12.4 Å². The van der Waals surface area contributed by atoms with E-state index in [1.165, 1.54) is 7.11 Å². The number of methoxy groups -OCH3 is 1. The molecule has 0 spiro atoms. The lowest BCUT2D eigenvalue weighted by Crippen LogP contribution is -2.19. The average molecular weight is 533 g/mol. The van der Waals surface area contributed by atoms with Gasteiger partial charge in [-0.3, -0.25) is 5.32 Å². The van der Waals surface area contributed by atoms with E-state index in [4.69, 9.17) is 4.74 Å². The van der Waals surface area contributed by atoms with E-state index in [-0.39, 0.29) is 24.4 Å². The molecule has 0 aliphatic heterocycles. The number of nitrogens with one attached hydrogen (secondary N) is 4. The molecule has 1 heterocycles. The molecule has 0 radical (unpaired) electrons. The maximum atomic E-state index is 12.2. The van der Waals surface area contributed by atoms with Crippen molar-refractivity contribution in [1.29, 1.82) is 0 Å². The number of aromatic nitrogens is 2. The fourth-order valence-electron chi connectivity index (χ4n) is 2.86. The van der Waals surface area contributed by atoms with Crippen LogP contribution in [0.25, 0.3) is 11.0 Å². The Morgan fingerprint density at radius 3 is 2.36 bits per heavy atom. The van der Waals surface area contributed by atoms with Crippen molar-refractivity contribution < 1.29 is 19.1 Å². The van der Waals surface area contributed by atoms with Crippen molar-refractivity contribution in [2.45, 2.75) is 0 Å². The van der Waals surface area contributed by atoms with E-state index >= 15 is 0 Å². The molecule has 0 fully saturated rings. The summed E-state index contributed by atoms with van der Waals surface area (Å²) in [5.41, 5.74) is 2.65. The second kappa shape index (κ2) is 10.7. The molecule has 0 saturated carbocycles. The molecule has 4 aromatic rings. The summed E-state index contributed by atoms with van der Waals surface area (Å²) in [5.74, 6) is 1.45. The van der Waals surface area contributed by atoms with Crippen LogP contribution in [0.15, 0.2) is 71.2 Å². The van der Waals surface area contributed by atoms with Gasteiger partial charge < -0.3 is 25.1 Å². The van der Waals surface area contributed by atoms with Crippen molar-refractivity contribution in [3.63, 3.8) is 0 Å². The molecule has 0 aliphatic carbocycles. The van der Waals surface area contributed by atoms with Gasteiger partial charge in [-0.25, -0.2) is 14.6 Å². The predicted molar refractivity (Wildman–Crippen MR) is 133 cm³/mol. The number of hydrogen-bond donors (Lipinski definition) is 4. The first-order chi connectivity index (χ1) is 15.5. The van der Waals surface area contributed by atoms with Gasteiger partial charge in [-0.05, 0) is 54.6 Å². The molecule has 0 bridgehead atoms. The van der Waals surface area contributed by atoms with Gasteiger partial charge >= 0.3 is 12.1 Å². The highest BCUT2D eigenvalue weighted by atomic mass is 79.9. The fraction of sp³-hybridized carbons (Fsp3) is 0.0455. The summed E-state index contributed by atoms with van der Waals surface area (Å²) in [4.78, 5) is 30.7. The predicted octanol–water partition coefficient (Wildman–Crippen LogP) is 6.36. The molecule has 9 nitrogen and oxygen atoms in total. The van der Waals surface area contributed by atoms with Gasteiger partial charge in [-0.2, -0.15) is 0 Å². The lowest BCUT2D eigenvalue weighted by atomic mass is 10.3. The lowest BCUT2D eigenvalue weighted by molar-refractivity contribution is 0.186. The SMILES string of the molecule is COC(=O)Nc1nc2ccc(Oc3ccc(NC(=O)Nc4cccc(Br)c4)cc3)cc2[nH]1.Cl. The highest BCUT2D eigenvalue weighted by Crippen LogP contribution is 2.26. The molecular weight excluding hydrogens is 514 g/mol. The van der Waals surface area contributed by atoms with Crippen LogP contribution in [0.3, 0.4) is 0 Å². The Bertz CT molecular complexity index is 1280. The number of benzene rings is 3. The van der Waals surface area contributed by atoms with Crippen LogP contribution in [0.2, 0.25) is 0 Å². The zero-order valence-electron chi connectivity index (χ0n) is 17.2. The summed E-state index contributed by atoms with van der Waals surface area (Å²) < 4.78 is 11.3. The molecule has 4 N–H and O–H groups in total. The first kappa shape index (κ1) is 23.9. The molecule has 0 saturated heterocycles. The number of H-pyrrole nitrogens is 1. The van der Waals surface area contributed by atoms with Crippen LogP contribution in [-0.4, -0.2) is 29.2 Å². The van der Waals surface area contributed by atoms with Crippen molar-refractivity contribution in [1.82, 2.24) is 9.97 Å². The largest absolute Gasteiger partial charge is 0.457 e. The standard InChI is InChI=1S/C22H18BrN5O4.ClH/c1-31-22(30)28-20-26-18-10-9-17(12-19(18)27-20)32-16-7-5-14(6-8-16)24-21(29)25-15-4-2-3-13(23)11-15;/h2-12H,1H3,(H2,24,25,29)(H2,26,27,28,30);1H. The Morgan fingerprint density at radius 1 is 0.909 bits per heavy atom. The van der Waals surface area contributed by atoms with Crippen LogP contribution in [0.4, 0.5) is 26.9 Å². The maximum Gasteiger partial charge on any atom is 0.413 e. The van der Waals surface area contributed by atoms with Crippen LogP contribution < -0.4 is 20.7 Å². The van der Waals surface area contributed by atoms with E-state index in [2.05, 4.69) is 46.6 Å². The number of rotatable bonds is 5. The zero-order chi connectivity index (χ0) is 22.5. The third-order valence-corrected chi connectivity index (χ3v) is 4.78. The summed E-state index contributed by atoms with van der Waals surface area (Å²) in [7, 11) is 1.28. The molecule has 3 amide bonds. The molecule has 33 heavy (non-hydrogen) atoms. The third kappa shape index (κ3) is 6.37. The first-order valence-corrected chi connectivity index (χ1v) is 10.2. The second-order valence-electron chi connectivity index (χ2n) is 6.60. The Morgan fingerprint density at radius 2 is 1.64 bits per heavy atom. The van der Waals surface area contributed by atoms with Crippen molar-refractivity contribution in [3.8, 4) is 11.5 Å². The number of carbonyl (C=O) groups excluding carboxylic acids is 2. The van der Waals surface area contributed by atoms with Crippen LogP contribution >= 0.6 is 28.3 Å². The molecule has 4 rings (SSSR count). The van der Waals surface area contributed by atoms with Gasteiger partial charge in [0.25, 0.3) is 0 Å². The number of amides is 3. The zero-order valence-corrected chi connectivity index (χ0v) is 19.6. The molecule has 0 aliphatic rings. The van der Waals surface area contributed by atoms with E-state index in [1.807, 2.05) is 18.2 Å². The van der Waals surface area contributed by atoms with Crippen LogP contribution in [0.1, 0.15) is 0 Å². The molecule has 3 aromatic carbocycles. The van der Waals surface area contributed by atoms with Crippen molar-refractivity contribution in [2.24, 2.45) is 0 Å². The van der Waals surface area contributed by atoms with Gasteiger partial charge in [0, 0.05) is 21.9 Å². The minimum Gasteiger partial charge on any atom is -0.457 e. The number of fused-ring (bicyclic) bond motifs is 1. The quantitative estimate of drug-likeness (QED) is 0.238. The molecule has 0 unspecified atom stereocenters. The minimum atomic E-state index is -0.612. The van der Waals surface area contributed by atoms with Crippen LogP contribution in [-0.2, 0) is 4.74 Å². The van der Waals surface area contributed by atoms with E-state index in [0.29, 0.717) is 33.9 Å². The topological polar surface area (TPSA) is 117 Å². The summed E-state index contributed by atoms with van der Waals surface area (Å²) in [6, 6.07) is 19.2. The van der Waals surface area contributed by atoms with Crippen LogP contribution in [0.5, 0.6) is 11.5 Å². The maximum absolute atomic E-state index is 12.2. The summed E-state index contributed by atoms with van der Waals surface area (Å²) in [5, 5.41) is 8.01. The van der Waals surface area contributed by atoms with E-state index < -0.39 is 6.09 Å². The molecular formula is C22H19BrClN5O4. The number of nitrogens with zero attached hydrogens (tertiary/aromatic N) is 1. The van der Waals surface area contributed by atoms with Crippen LogP contribution in [0, 0.1) is 0 Å². The smallest absolute Gasteiger partial charge is 0.413 e. The number of aromatic amines is 1. The monoisotopic (exact) mass is 531 g/mol. The van der Waals surface area contributed by atoms with Gasteiger partial charge in [0.1, 0.15) is 11.5 Å². The number of carbonyl (C=O) groups is 2. The average Bonchev–Trinajstić information content (AvgIpc) is 3.16. The molecule has 170 valence electrons. The summed E-state index contributed by atoms with van der Waals surface area (Å²) in [6.07, 6.45) is -0.612. The van der Waals surface area contributed by atoms with Gasteiger partial charge in [0.15, 0.2) is 0 Å².